The third-order valence-corrected chi connectivity index (χ3v) is 2.95. The van der Waals surface area contributed by atoms with Gasteiger partial charge in [-0.25, -0.2) is 0 Å². The van der Waals surface area contributed by atoms with Gasteiger partial charge in [-0.15, -0.1) is 0 Å². The Hall–Kier alpha value is -0.630. The first-order valence-corrected chi connectivity index (χ1v) is 4.83. The molecule has 1 fully saturated rings. The molecule has 1 N–H and O–H groups in total. The predicted molar refractivity (Wildman–Crippen MR) is 52.4 cm³/mol. The zero-order valence-electron chi connectivity index (χ0n) is 8.42. The van der Waals surface area contributed by atoms with Crippen LogP contribution >= 0.6 is 0 Å². The van der Waals surface area contributed by atoms with E-state index in [1.807, 2.05) is 0 Å². The summed E-state index contributed by atoms with van der Waals surface area (Å²) in [5.74, 6) is 0. The summed E-state index contributed by atoms with van der Waals surface area (Å²) in [5, 5.41) is 9.99. The number of hydrogen-bond acceptors (Lipinski definition) is 2. The number of hydrogen-bond donors (Lipinski definition) is 1. The summed E-state index contributed by atoms with van der Waals surface area (Å²) in [4.78, 5) is 10.1. The molecule has 0 aromatic heterocycles. The second-order valence-corrected chi connectivity index (χ2v) is 4.76. The fraction of sp³-hybridized carbons (Fsp3) is 0.727. The quantitative estimate of drug-likeness (QED) is 0.524. The first-order chi connectivity index (χ1) is 5.97. The Morgan fingerprint density at radius 3 is 2.15 bits per heavy atom. The van der Waals surface area contributed by atoms with Gasteiger partial charge in [0.2, 0.25) is 0 Å². The second kappa shape index (κ2) is 3.62. The minimum Gasteiger partial charge on any atom is -0.386 e. The van der Waals surface area contributed by atoms with Crippen LogP contribution in [0.5, 0.6) is 0 Å². The van der Waals surface area contributed by atoms with E-state index >= 15 is 0 Å². The van der Waals surface area contributed by atoms with Gasteiger partial charge in [0.15, 0.2) is 0 Å². The van der Waals surface area contributed by atoms with Crippen molar-refractivity contribution >= 4 is 6.29 Å². The monoisotopic (exact) mass is 182 g/mol. The minimum atomic E-state index is -0.726. The van der Waals surface area contributed by atoms with Gasteiger partial charge in [0.1, 0.15) is 6.29 Å². The third-order valence-electron chi connectivity index (χ3n) is 2.95. The molecule has 0 spiro atoms. The van der Waals surface area contributed by atoms with Gasteiger partial charge in [0.05, 0.1) is 5.60 Å². The maximum Gasteiger partial charge on any atom is 0.142 e. The molecule has 1 saturated carbocycles. The molecule has 0 radical (unpaired) electrons. The van der Waals surface area contributed by atoms with Crippen LogP contribution in [0.4, 0.5) is 0 Å². The molecule has 0 bridgehead atoms. The molecule has 74 valence electrons. The maximum absolute atomic E-state index is 10.1. The van der Waals surface area contributed by atoms with Gasteiger partial charge < -0.3 is 5.11 Å². The molecule has 1 aliphatic carbocycles. The topological polar surface area (TPSA) is 37.3 Å². The van der Waals surface area contributed by atoms with E-state index in [1.54, 1.807) is 6.08 Å². The lowest BCUT2D eigenvalue weighted by molar-refractivity contribution is -0.104. The highest BCUT2D eigenvalue weighted by molar-refractivity contribution is 5.65. The summed E-state index contributed by atoms with van der Waals surface area (Å²) in [7, 11) is 0. The molecule has 0 amide bonds. The Morgan fingerprint density at radius 2 is 1.69 bits per heavy atom. The van der Waals surface area contributed by atoms with Crippen molar-refractivity contribution in [1.82, 2.24) is 0 Å². The minimum absolute atomic E-state index is 0.348. The standard InChI is InChI=1S/C11H18O2/c1-10(2)5-7-11(13,8-6-10)4-3-9-12/h3-4,9,13H,5-8H2,1-2H3. The first-order valence-electron chi connectivity index (χ1n) is 4.83. The fourth-order valence-electron chi connectivity index (χ4n) is 1.74. The van der Waals surface area contributed by atoms with Crippen LogP contribution in [0.25, 0.3) is 0 Å². The molecule has 0 unspecified atom stereocenters. The van der Waals surface area contributed by atoms with Crippen molar-refractivity contribution in [3.05, 3.63) is 12.2 Å². The summed E-state index contributed by atoms with van der Waals surface area (Å²) < 4.78 is 0. The van der Waals surface area contributed by atoms with Gasteiger partial charge in [0.25, 0.3) is 0 Å². The van der Waals surface area contributed by atoms with Crippen molar-refractivity contribution in [1.29, 1.82) is 0 Å². The molecule has 0 aromatic carbocycles. The summed E-state index contributed by atoms with van der Waals surface area (Å²) in [5.41, 5.74) is -0.377. The van der Waals surface area contributed by atoms with Crippen LogP contribution in [-0.4, -0.2) is 17.0 Å². The molecule has 0 aliphatic heterocycles. The van der Waals surface area contributed by atoms with E-state index in [2.05, 4.69) is 13.8 Å². The van der Waals surface area contributed by atoms with Crippen LogP contribution in [0.2, 0.25) is 0 Å². The number of carbonyl (C=O) groups excluding carboxylic acids is 1. The molecule has 0 atom stereocenters. The van der Waals surface area contributed by atoms with E-state index < -0.39 is 5.60 Å². The Balaban J connectivity index is 2.56. The molecule has 1 rings (SSSR count). The Kier molecular flexibility index (Phi) is 2.91. The average Bonchev–Trinajstić information content (AvgIpc) is 2.08. The molecule has 2 heteroatoms. The predicted octanol–water partition coefficient (Wildman–Crippen LogP) is 2.07. The van der Waals surface area contributed by atoms with E-state index in [1.165, 1.54) is 6.08 Å². The molecule has 0 heterocycles. The van der Waals surface area contributed by atoms with Crippen LogP contribution in [0.1, 0.15) is 39.5 Å². The normalized spacial score (nSPS) is 26.1. The van der Waals surface area contributed by atoms with Crippen LogP contribution in [0.3, 0.4) is 0 Å². The Labute approximate surface area is 79.6 Å². The Bertz CT molecular complexity index is 206. The molecular weight excluding hydrogens is 164 g/mol. The molecule has 1 aliphatic rings. The SMILES string of the molecule is CC1(C)CCC(O)(C=CC=O)CC1. The molecule has 2 nitrogen and oxygen atoms in total. The fourth-order valence-corrected chi connectivity index (χ4v) is 1.74. The summed E-state index contributed by atoms with van der Waals surface area (Å²) in [6.45, 7) is 4.44. The zero-order valence-corrected chi connectivity index (χ0v) is 8.42. The van der Waals surface area contributed by atoms with Gasteiger partial charge >= 0.3 is 0 Å². The van der Waals surface area contributed by atoms with E-state index in [4.69, 9.17) is 0 Å². The highest BCUT2D eigenvalue weighted by atomic mass is 16.3. The van der Waals surface area contributed by atoms with E-state index in [0.717, 1.165) is 32.0 Å². The van der Waals surface area contributed by atoms with Crippen LogP contribution in [0.15, 0.2) is 12.2 Å². The van der Waals surface area contributed by atoms with Gasteiger partial charge in [0, 0.05) is 0 Å². The smallest absolute Gasteiger partial charge is 0.142 e. The van der Waals surface area contributed by atoms with Crippen LogP contribution < -0.4 is 0 Å². The number of rotatable bonds is 2. The summed E-state index contributed by atoms with van der Waals surface area (Å²) in [6.07, 6.45) is 7.33. The average molecular weight is 182 g/mol. The lowest BCUT2D eigenvalue weighted by Crippen LogP contribution is -2.34. The maximum atomic E-state index is 10.1. The molecule has 13 heavy (non-hydrogen) atoms. The van der Waals surface area contributed by atoms with E-state index in [-0.39, 0.29) is 0 Å². The Morgan fingerprint density at radius 1 is 1.15 bits per heavy atom. The molecule has 0 aromatic rings. The second-order valence-electron chi connectivity index (χ2n) is 4.76. The van der Waals surface area contributed by atoms with Crippen molar-refractivity contribution < 1.29 is 9.90 Å². The van der Waals surface area contributed by atoms with Crippen LogP contribution in [-0.2, 0) is 4.79 Å². The van der Waals surface area contributed by atoms with Crippen molar-refractivity contribution in [2.24, 2.45) is 5.41 Å². The van der Waals surface area contributed by atoms with Crippen LogP contribution in [0, 0.1) is 5.41 Å². The summed E-state index contributed by atoms with van der Waals surface area (Å²) in [6, 6.07) is 0. The summed E-state index contributed by atoms with van der Waals surface area (Å²) >= 11 is 0. The highest BCUT2D eigenvalue weighted by Gasteiger charge is 2.34. The largest absolute Gasteiger partial charge is 0.386 e. The number of aliphatic hydroxyl groups is 1. The number of allylic oxidation sites excluding steroid dienone is 1. The van der Waals surface area contributed by atoms with Crippen molar-refractivity contribution in [3.8, 4) is 0 Å². The molecule has 0 saturated heterocycles. The zero-order chi connectivity index (χ0) is 9.95. The van der Waals surface area contributed by atoms with Crippen molar-refractivity contribution in [2.45, 2.75) is 45.1 Å². The van der Waals surface area contributed by atoms with Gasteiger partial charge in [-0.1, -0.05) is 13.8 Å². The van der Waals surface area contributed by atoms with Gasteiger partial charge in [-0.3, -0.25) is 4.79 Å². The number of aldehydes is 1. The van der Waals surface area contributed by atoms with E-state index in [9.17, 15) is 9.90 Å². The lowest BCUT2D eigenvalue weighted by Gasteiger charge is -2.38. The molecular formula is C11H18O2. The van der Waals surface area contributed by atoms with Gasteiger partial charge in [-0.2, -0.15) is 0 Å². The van der Waals surface area contributed by atoms with Crippen molar-refractivity contribution in [3.63, 3.8) is 0 Å². The first kappa shape index (κ1) is 10.5. The number of carbonyl (C=O) groups is 1. The van der Waals surface area contributed by atoms with Crippen molar-refractivity contribution in [2.75, 3.05) is 0 Å². The third kappa shape index (κ3) is 2.96. The highest BCUT2D eigenvalue weighted by Crippen LogP contribution is 2.40. The lowest BCUT2D eigenvalue weighted by atomic mass is 9.71. The van der Waals surface area contributed by atoms with Gasteiger partial charge in [-0.05, 0) is 43.3 Å². The van der Waals surface area contributed by atoms with E-state index in [0.29, 0.717) is 5.41 Å².